The zero-order valence-electron chi connectivity index (χ0n) is 6.68. The Labute approximate surface area is 84.0 Å². The van der Waals surface area contributed by atoms with Crippen LogP contribution in [-0.2, 0) is 9.84 Å². The average molecular weight is 246 g/mol. The number of hydrogen-bond donors (Lipinski definition) is 0. The van der Waals surface area contributed by atoms with Gasteiger partial charge in [-0.15, -0.1) is 0 Å². The van der Waals surface area contributed by atoms with Gasteiger partial charge in [-0.25, -0.2) is 8.42 Å². The van der Waals surface area contributed by atoms with Gasteiger partial charge in [0.15, 0.2) is 0 Å². The highest BCUT2D eigenvalue weighted by atomic mass is 35.5. The minimum atomic E-state index is -5.27. The van der Waals surface area contributed by atoms with Crippen molar-refractivity contribution >= 4 is 21.4 Å². The summed E-state index contributed by atoms with van der Waals surface area (Å²) in [5, 5.41) is -0.00433. The third-order valence-electron chi connectivity index (χ3n) is 1.53. The molecule has 7 heteroatoms. The summed E-state index contributed by atoms with van der Waals surface area (Å²) in [6.45, 7) is 0. The van der Waals surface area contributed by atoms with Crippen molar-refractivity contribution in [2.75, 3.05) is 0 Å². The van der Waals surface area contributed by atoms with Crippen LogP contribution in [0.5, 0.6) is 0 Å². The molecule has 2 nitrogen and oxygen atoms in total. The molecule has 0 spiro atoms. The molecular formula is C7H5ClF3O2S. The quantitative estimate of drug-likeness (QED) is 0.711. The second-order valence-corrected chi connectivity index (χ2v) is 4.90. The Morgan fingerprint density at radius 1 is 1.36 bits per heavy atom. The summed E-state index contributed by atoms with van der Waals surface area (Å²) >= 11 is 5.40. The van der Waals surface area contributed by atoms with E-state index in [1.165, 1.54) is 6.42 Å². The number of sulfone groups is 1. The lowest BCUT2D eigenvalue weighted by Crippen LogP contribution is -2.24. The first-order valence-corrected chi connectivity index (χ1v) is 5.33. The predicted molar refractivity (Wildman–Crippen MR) is 45.9 cm³/mol. The van der Waals surface area contributed by atoms with E-state index in [-0.39, 0.29) is 11.5 Å². The Morgan fingerprint density at radius 2 is 1.93 bits per heavy atom. The average Bonchev–Trinajstić information content (AvgIpc) is 2.02. The molecule has 0 aromatic heterocycles. The Balaban J connectivity index is 3.14. The van der Waals surface area contributed by atoms with Gasteiger partial charge in [-0.05, 0) is 12.5 Å². The Morgan fingerprint density at radius 3 is 2.36 bits per heavy atom. The van der Waals surface area contributed by atoms with Crippen LogP contribution in [0.15, 0.2) is 22.1 Å². The van der Waals surface area contributed by atoms with Crippen LogP contribution in [0.3, 0.4) is 0 Å². The number of rotatable bonds is 1. The van der Waals surface area contributed by atoms with Crippen molar-refractivity contribution in [1.29, 1.82) is 0 Å². The monoisotopic (exact) mass is 245 g/mol. The molecule has 0 atom stereocenters. The van der Waals surface area contributed by atoms with Gasteiger partial charge in [0.25, 0.3) is 9.84 Å². The van der Waals surface area contributed by atoms with Gasteiger partial charge in [-0.1, -0.05) is 17.7 Å². The van der Waals surface area contributed by atoms with E-state index in [0.717, 1.165) is 12.2 Å². The maximum absolute atomic E-state index is 12.0. The standard InChI is InChI=1S/C7H5ClF3O2S/c8-5-2-1-3-6(4-5)14(12,13)7(9,10)11/h2-4H,1H2. The minimum Gasteiger partial charge on any atom is -0.214 e. The lowest BCUT2D eigenvalue weighted by Gasteiger charge is -2.12. The Hall–Kier alpha value is -0.490. The molecule has 0 aromatic carbocycles. The summed E-state index contributed by atoms with van der Waals surface area (Å²) in [5.41, 5.74) is -5.27. The van der Waals surface area contributed by atoms with E-state index in [9.17, 15) is 21.6 Å². The molecule has 0 unspecified atom stereocenters. The van der Waals surface area contributed by atoms with Gasteiger partial charge in [0, 0.05) is 11.5 Å². The van der Waals surface area contributed by atoms with Crippen molar-refractivity contribution in [1.82, 2.24) is 0 Å². The van der Waals surface area contributed by atoms with Gasteiger partial charge in [-0.2, -0.15) is 13.2 Å². The van der Waals surface area contributed by atoms with E-state index < -0.39 is 20.3 Å². The zero-order valence-corrected chi connectivity index (χ0v) is 8.25. The van der Waals surface area contributed by atoms with Crippen LogP contribution in [0.1, 0.15) is 6.42 Å². The molecule has 1 radical (unpaired) electrons. The van der Waals surface area contributed by atoms with Gasteiger partial charge < -0.3 is 0 Å². The maximum atomic E-state index is 12.0. The molecule has 0 fully saturated rings. The van der Waals surface area contributed by atoms with Crippen LogP contribution < -0.4 is 0 Å². The van der Waals surface area contributed by atoms with Crippen molar-refractivity contribution in [2.45, 2.75) is 11.9 Å². The third-order valence-corrected chi connectivity index (χ3v) is 3.30. The lowest BCUT2D eigenvalue weighted by molar-refractivity contribution is -0.0425. The molecule has 0 aromatic rings. The van der Waals surface area contributed by atoms with E-state index in [0.29, 0.717) is 0 Å². The number of allylic oxidation sites excluding steroid dienone is 3. The van der Waals surface area contributed by atoms with Gasteiger partial charge in [-0.3, -0.25) is 0 Å². The lowest BCUT2D eigenvalue weighted by atomic mass is 10.2. The molecule has 0 saturated heterocycles. The molecule has 79 valence electrons. The smallest absolute Gasteiger partial charge is 0.214 e. The van der Waals surface area contributed by atoms with Gasteiger partial charge in [0.2, 0.25) is 0 Å². The highest BCUT2D eigenvalue weighted by Crippen LogP contribution is 2.33. The first kappa shape index (κ1) is 11.6. The van der Waals surface area contributed by atoms with Gasteiger partial charge in [0.1, 0.15) is 0 Å². The van der Waals surface area contributed by atoms with E-state index in [2.05, 4.69) is 0 Å². The largest absolute Gasteiger partial charge is 0.501 e. The van der Waals surface area contributed by atoms with Crippen LogP contribution in [0.4, 0.5) is 13.2 Å². The summed E-state index contributed by atoms with van der Waals surface area (Å²) in [7, 11) is -5.25. The highest BCUT2D eigenvalue weighted by molar-refractivity contribution is 7.96. The molecule has 0 amide bonds. The van der Waals surface area contributed by atoms with Crippen molar-refractivity contribution < 1.29 is 21.6 Å². The predicted octanol–water partition coefficient (Wildman–Crippen LogP) is 2.54. The van der Waals surface area contributed by atoms with Crippen molar-refractivity contribution in [3.05, 3.63) is 28.5 Å². The highest BCUT2D eigenvalue weighted by Gasteiger charge is 2.47. The fourth-order valence-electron chi connectivity index (χ4n) is 0.862. The van der Waals surface area contributed by atoms with Crippen molar-refractivity contribution in [2.24, 2.45) is 0 Å². The van der Waals surface area contributed by atoms with E-state index in [1.54, 1.807) is 0 Å². The van der Waals surface area contributed by atoms with E-state index in [1.807, 2.05) is 0 Å². The molecule has 0 heterocycles. The zero-order chi connectivity index (χ0) is 11.0. The number of hydrogen-bond acceptors (Lipinski definition) is 2. The van der Waals surface area contributed by atoms with Crippen LogP contribution in [0.25, 0.3) is 0 Å². The summed E-state index contributed by atoms with van der Waals surface area (Å²) < 4.78 is 57.8. The minimum absolute atomic E-state index is 0.00433. The first-order valence-electron chi connectivity index (χ1n) is 3.47. The van der Waals surface area contributed by atoms with E-state index in [4.69, 9.17) is 11.6 Å². The fraction of sp³-hybridized carbons (Fsp3) is 0.286. The Kier molecular flexibility index (Phi) is 2.96. The fourth-order valence-corrected chi connectivity index (χ4v) is 2.00. The molecule has 0 aliphatic heterocycles. The summed E-state index contributed by atoms with van der Waals surface area (Å²) in [5.74, 6) is 0. The summed E-state index contributed by atoms with van der Waals surface area (Å²) in [6.07, 6.45) is 3.25. The maximum Gasteiger partial charge on any atom is 0.501 e. The molecule has 14 heavy (non-hydrogen) atoms. The number of halogens is 4. The molecule has 1 aliphatic carbocycles. The van der Waals surface area contributed by atoms with Crippen LogP contribution >= 0.6 is 11.6 Å². The normalized spacial score (nSPS) is 18.9. The topological polar surface area (TPSA) is 34.1 Å². The molecule has 0 bridgehead atoms. The summed E-state index contributed by atoms with van der Waals surface area (Å²) in [4.78, 5) is -0.794. The third kappa shape index (κ3) is 2.12. The second kappa shape index (κ2) is 3.58. The van der Waals surface area contributed by atoms with Gasteiger partial charge >= 0.3 is 5.51 Å². The Bertz CT molecular complexity index is 392. The van der Waals surface area contributed by atoms with Gasteiger partial charge in [0.05, 0.1) is 4.91 Å². The first-order chi connectivity index (χ1) is 6.25. The van der Waals surface area contributed by atoms with E-state index >= 15 is 0 Å². The molecule has 0 saturated carbocycles. The molecule has 1 rings (SSSR count). The van der Waals surface area contributed by atoms with Crippen LogP contribution in [0.2, 0.25) is 0 Å². The number of alkyl halides is 3. The molecule has 0 N–H and O–H groups in total. The summed E-state index contributed by atoms with van der Waals surface area (Å²) in [6, 6.07) is 0. The molecule has 1 aliphatic rings. The van der Waals surface area contributed by atoms with Crippen molar-refractivity contribution in [3.8, 4) is 0 Å². The van der Waals surface area contributed by atoms with Crippen LogP contribution in [-0.4, -0.2) is 13.9 Å². The second-order valence-electron chi connectivity index (χ2n) is 2.52. The van der Waals surface area contributed by atoms with Crippen LogP contribution in [0, 0.1) is 6.42 Å². The van der Waals surface area contributed by atoms with Crippen molar-refractivity contribution in [3.63, 3.8) is 0 Å². The SMILES string of the molecule is O=S(=O)(C1=CC[CH]C(Cl)=C1)C(F)(F)F. The molecular weight excluding hydrogens is 241 g/mol.